The molecule has 0 saturated carbocycles. The third-order valence-electron chi connectivity index (χ3n) is 4.78. The van der Waals surface area contributed by atoms with Crippen molar-refractivity contribution in [2.45, 2.75) is 38.9 Å². The van der Waals surface area contributed by atoms with Gasteiger partial charge in [-0.1, -0.05) is 43.7 Å². The van der Waals surface area contributed by atoms with Gasteiger partial charge >= 0.3 is 0 Å². The number of unbranched alkanes of at least 4 members (excludes halogenated alkanes) is 1. The van der Waals surface area contributed by atoms with E-state index in [2.05, 4.69) is 16.9 Å². The van der Waals surface area contributed by atoms with Crippen LogP contribution >= 0.6 is 0 Å². The van der Waals surface area contributed by atoms with E-state index in [1.165, 1.54) is 10.7 Å². The van der Waals surface area contributed by atoms with Crippen LogP contribution < -0.4 is 5.56 Å². The number of hydrogen-bond donors (Lipinski definition) is 0. The van der Waals surface area contributed by atoms with E-state index in [0.717, 1.165) is 30.6 Å². The first kappa shape index (κ1) is 18.8. The zero-order valence-electron chi connectivity index (χ0n) is 15.0. The number of rotatable bonds is 7. The molecular formula is C19H25N3O3S. The van der Waals surface area contributed by atoms with E-state index in [9.17, 15) is 13.2 Å². The molecule has 2 heterocycles. The van der Waals surface area contributed by atoms with E-state index in [-0.39, 0.29) is 23.1 Å². The highest BCUT2D eigenvalue weighted by atomic mass is 32.2. The number of sulfone groups is 1. The molecule has 1 fully saturated rings. The molecule has 1 aromatic heterocycles. The summed E-state index contributed by atoms with van der Waals surface area (Å²) in [5.74, 6) is 0.399. The fraction of sp³-hybridized carbons (Fsp3) is 0.474. The van der Waals surface area contributed by atoms with Gasteiger partial charge in [0.2, 0.25) is 0 Å². The molecule has 2 aromatic rings. The molecular weight excluding hydrogens is 350 g/mol. The lowest BCUT2D eigenvalue weighted by atomic mass is 10.1. The zero-order chi connectivity index (χ0) is 18.6. The standard InChI is InChI=1S/C19H25N3O3S/c1-2-3-12-21(17-11-13-26(24,25)14-17)15-22-19(23)10-9-18(20-22)16-7-5-4-6-8-16/h4-10,17H,2-3,11-15H2,1H3/t17-/m0/s1. The molecule has 1 saturated heterocycles. The predicted molar refractivity (Wildman–Crippen MR) is 103 cm³/mol. The van der Waals surface area contributed by atoms with E-state index >= 15 is 0 Å². The summed E-state index contributed by atoms with van der Waals surface area (Å²) in [6, 6.07) is 12.9. The van der Waals surface area contributed by atoms with E-state index in [4.69, 9.17) is 0 Å². The maximum atomic E-state index is 12.3. The second kappa shape index (κ2) is 8.14. The average molecular weight is 375 g/mol. The highest BCUT2D eigenvalue weighted by Crippen LogP contribution is 2.19. The first-order valence-electron chi connectivity index (χ1n) is 9.06. The van der Waals surface area contributed by atoms with Crippen molar-refractivity contribution >= 4 is 9.84 Å². The summed E-state index contributed by atoms with van der Waals surface area (Å²) in [5.41, 5.74) is 1.51. The van der Waals surface area contributed by atoms with Crippen molar-refractivity contribution < 1.29 is 8.42 Å². The minimum atomic E-state index is -2.97. The quantitative estimate of drug-likeness (QED) is 0.741. The van der Waals surface area contributed by atoms with E-state index in [0.29, 0.717) is 13.1 Å². The molecule has 1 aromatic carbocycles. The zero-order valence-corrected chi connectivity index (χ0v) is 15.9. The van der Waals surface area contributed by atoms with Crippen LogP contribution in [0.5, 0.6) is 0 Å². The third-order valence-corrected chi connectivity index (χ3v) is 6.53. The van der Waals surface area contributed by atoms with Crippen LogP contribution in [-0.4, -0.2) is 47.2 Å². The Hall–Kier alpha value is -1.99. The molecule has 1 aliphatic heterocycles. The molecule has 0 radical (unpaired) electrons. The first-order chi connectivity index (χ1) is 12.5. The Kier molecular flexibility index (Phi) is 5.88. The third kappa shape index (κ3) is 4.59. The second-order valence-electron chi connectivity index (χ2n) is 6.79. The van der Waals surface area contributed by atoms with Crippen LogP contribution in [0.4, 0.5) is 0 Å². The minimum absolute atomic E-state index is 0.0411. The van der Waals surface area contributed by atoms with Crippen LogP contribution in [0.15, 0.2) is 47.3 Å². The van der Waals surface area contributed by atoms with Crippen molar-refractivity contribution in [1.82, 2.24) is 14.7 Å². The van der Waals surface area contributed by atoms with Gasteiger partial charge in [0.25, 0.3) is 5.56 Å². The second-order valence-corrected chi connectivity index (χ2v) is 9.02. The molecule has 1 atom stereocenters. The lowest BCUT2D eigenvalue weighted by molar-refractivity contribution is 0.150. The fourth-order valence-corrected chi connectivity index (χ4v) is 5.04. The summed E-state index contributed by atoms with van der Waals surface area (Å²) >= 11 is 0. The molecule has 0 N–H and O–H groups in total. The molecule has 0 amide bonds. The van der Waals surface area contributed by atoms with Gasteiger partial charge in [-0.3, -0.25) is 9.69 Å². The van der Waals surface area contributed by atoms with E-state index in [1.54, 1.807) is 6.07 Å². The topological polar surface area (TPSA) is 72.3 Å². The Labute approximate surface area is 154 Å². The summed E-state index contributed by atoms with van der Waals surface area (Å²) in [5, 5.41) is 4.51. The van der Waals surface area contributed by atoms with Crippen LogP contribution in [0.2, 0.25) is 0 Å². The lowest BCUT2D eigenvalue weighted by Crippen LogP contribution is -2.41. The smallest absolute Gasteiger partial charge is 0.268 e. The Morgan fingerprint density at radius 1 is 1.19 bits per heavy atom. The van der Waals surface area contributed by atoms with Crippen LogP contribution in [0.25, 0.3) is 11.3 Å². The Morgan fingerprint density at radius 2 is 1.96 bits per heavy atom. The van der Waals surface area contributed by atoms with Gasteiger partial charge in [-0.15, -0.1) is 0 Å². The molecule has 26 heavy (non-hydrogen) atoms. The van der Waals surface area contributed by atoms with Crippen LogP contribution in [0, 0.1) is 0 Å². The van der Waals surface area contributed by atoms with Crippen LogP contribution in [-0.2, 0) is 16.5 Å². The maximum Gasteiger partial charge on any atom is 0.268 e. The van der Waals surface area contributed by atoms with Gasteiger partial charge in [0, 0.05) is 24.2 Å². The molecule has 7 heteroatoms. The van der Waals surface area contributed by atoms with Crippen molar-refractivity contribution in [3.05, 3.63) is 52.8 Å². The van der Waals surface area contributed by atoms with Gasteiger partial charge in [0.15, 0.2) is 9.84 Å². The molecule has 6 nitrogen and oxygen atoms in total. The molecule has 0 unspecified atom stereocenters. The summed E-state index contributed by atoms with van der Waals surface area (Å²) in [6.45, 7) is 3.18. The average Bonchev–Trinajstić information content (AvgIpc) is 3.00. The summed E-state index contributed by atoms with van der Waals surface area (Å²) in [4.78, 5) is 14.4. The van der Waals surface area contributed by atoms with Gasteiger partial charge in [-0.2, -0.15) is 5.10 Å². The summed E-state index contributed by atoms with van der Waals surface area (Å²) < 4.78 is 25.2. The normalized spacial score (nSPS) is 19.1. The van der Waals surface area contributed by atoms with Crippen LogP contribution in [0.1, 0.15) is 26.2 Å². The Morgan fingerprint density at radius 3 is 2.62 bits per heavy atom. The predicted octanol–water partition coefficient (Wildman–Crippen LogP) is 2.16. The highest BCUT2D eigenvalue weighted by molar-refractivity contribution is 7.91. The minimum Gasteiger partial charge on any atom is -0.280 e. The van der Waals surface area contributed by atoms with Gasteiger partial charge in [-0.05, 0) is 18.9 Å². The number of hydrogen-bond acceptors (Lipinski definition) is 5. The monoisotopic (exact) mass is 375 g/mol. The van der Waals surface area contributed by atoms with Gasteiger partial charge in [0.1, 0.15) is 0 Å². The largest absolute Gasteiger partial charge is 0.280 e. The molecule has 0 bridgehead atoms. The SMILES string of the molecule is CCCCN(Cn1nc(-c2ccccc2)ccc1=O)[C@H]1CCS(=O)(=O)C1. The number of nitrogens with zero attached hydrogens (tertiary/aromatic N) is 3. The molecule has 3 rings (SSSR count). The molecule has 0 aliphatic carbocycles. The lowest BCUT2D eigenvalue weighted by Gasteiger charge is -2.28. The maximum absolute atomic E-state index is 12.3. The number of benzene rings is 1. The summed E-state index contributed by atoms with van der Waals surface area (Å²) in [6.07, 6.45) is 2.60. The summed E-state index contributed by atoms with van der Waals surface area (Å²) in [7, 11) is -2.97. The number of aromatic nitrogens is 2. The van der Waals surface area contributed by atoms with Gasteiger partial charge < -0.3 is 0 Å². The van der Waals surface area contributed by atoms with Crippen molar-refractivity contribution in [2.75, 3.05) is 18.1 Å². The molecule has 1 aliphatic rings. The van der Waals surface area contributed by atoms with Crippen LogP contribution in [0.3, 0.4) is 0 Å². The van der Waals surface area contributed by atoms with E-state index in [1.807, 2.05) is 30.3 Å². The van der Waals surface area contributed by atoms with Crippen molar-refractivity contribution in [3.63, 3.8) is 0 Å². The fourth-order valence-electron chi connectivity index (χ4n) is 3.28. The van der Waals surface area contributed by atoms with Gasteiger partial charge in [-0.25, -0.2) is 13.1 Å². The van der Waals surface area contributed by atoms with Gasteiger partial charge in [0.05, 0.1) is 23.9 Å². The molecule has 140 valence electrons. The molecule has 0 spiro atoms. The van der Waals surface area contributed by atoms with Crippen molar-refractivity contribution in [1.29, 1.82) is 0 Å². The van der Waals surface area contributed by atoms with Crippen molar-refractivity contribution in [2.24, 2.45) is 0 Å². The Bertz CT molecular complexity index is 894. The van der Waals surface area contributed by atoms with Crippen molar-refractivity contribution in [3.8, 4) is 11.3 Å². The van der Waals surface area contributed by atoms with E-state index < -0.39 is 9.84 Å². The highest BCUT2D eigenvalue weighted by Gasteiger charge is 2.32. The first-order valence-corrected chi connectivity index (χ1v) is 10.9. The Balaban J connectivity index is 1.85.